The SMILES string of the molecule is CC1(COCCOc2ccc3c(C4(c5cccc6cc(OCCOCC7(C)COC7)ccc56)c5ccccc5-c5ccccc54)cccc3c2)COC1. The molecule has 0 N–H and O–H groups in total. The van der Waals surface area contributed by atoms with E-state index in [1.807, 2.05) is 0 Å². The zero-order valence-electron chi connectivity index (χ0n) is 30.6. The smallest absolute Gasteiger partial charge is 0.120 e. The second-order valence-electron chi connectivity index (χ2n) is 15.6. The molecular formula is C47H46O6. The van der Waals surface area contributed by atoms with E-state index >= 15 is 0 Å². The van der Waals surface area contributed by atoms with Gasteiger partial charge in [-0.3, -0.25) is 0 Å². The first-order valence-corrected chi connectivity index (χ1v) is 18.8. The van der Waals surface area contributed by atoms with Gasteiger partial charge in [-0.25, -0.2) is 0 Å². The molecule has 0 atom stereocenters. The van der Waals surface area contributed by atoms with Crippen LogP contribution >= 0.6 is 0 Å². The molecule has 6 nitrogen and oxygen atoms in total. The van der Waals surface area contributed by atoms with Crippen molar-refractivity contribution >= 4 is 21.5 Å². The van der Waals surface area contributed by atoms with E-state index in [9.17, 15) is 0 Å². The van der Waals surface area contributed by atoms with Gasteiger partial charge in [0.15, 0.2) is 0 Å². The highest BCUT2D eigenvalue weighted by molar-refractivity contribution is 5.99. The normalized spacial score (nSPS) is 17.5. The number of fused-ring (bicyclic) bond motifs is 5. The van der Waals surface area contributed by atoms with Crippen LogP contribution in [0.3, 0.4) is 0 Å². The lowest BCUT2D eigenvalue weighted by atomic mass is 9.65. The number of hydrogen-bond acceptors (Lipinski definition) is 6. The van der Waals surface area contributed by atoms with Gasteiger partial charge >= 0.3 is 0 Å². The molecule has 0 saturated carbocycles. The molecule has 270 valence electrons. The van der Waals surface area contributed by atoms with E-state index < -0.39 is 5.41 Å². The first-order chi connectivity index (χ1) is 26.0. The van der Waals surface area contributed by atoms with E-state index in [1.54, 1.807) is 0 Å². The Morgan fingerprint density at radius 1 is 0.472 bits per heavy atom. The molecule has 2 heterocycles. The number of benzene rings is 6. The van der Waals surface area contributed by atoms with Crippen LogP contribution in [0.2, 0.25) is 0 Å². The molecule has 6 aromatic carbocycles. The zero-order valence-corrected chi connectivity index (χ0v) is 30.6. The highest BCUT2D eigenvalue weighted by atomic mass is 16.5. The van der Waals surface area contributed by atoms with Gasteiger partial charge in [-0.05, 0) is 79.2 Å². The summed E-state index contributed by atoms with van der Waals surface area (Å²) in [5, 5.41) is 4.66. The van der Waals surface area contributed by atoms with Crippen LogP contribution in [0.25, 0.3) is 32.7 Å². The second kappa shape index (κ2) is 13.9. The average Bonchev–Trinajstić information content (AvgIpc) is 3.46. The summed E-state index contributed by atoms with van der Waals surface area (Å²) in [4.78, 5) is 0. The van der Waals surface area contributed by atoms with Gasteiger partial charge in [0.1, 0.15) is 24.7 Å². The summed E-state index contributed by atoms with van der Waals surface area (Å²) >= 11 is 0. The molecule has 2 fully saturated rings. The van der Waals surface area contributed by atoms with Gasteiger partial charge < -0.3 is 28.4 Å². The molecule has 0 amide bonds. The van der Waals surface area contributed by atoms with E-state index in [-0.39, 0.29) is 10.8 Å². The molecular weight excluding hydrogens is 661 g/mol. The summed E-state index contributed by atoms with van der Waals surface area (Å²) in [5.74, 6) is 1.68. The number of hydrogen-bond donors (Lipinski definition) is 0. The Labute approximate surface area is 311 Å². The largest absolute Gasteiger partial charge is 0.491 e. The lowest BCUT2D eigenvalue weighted by Crippen LogP contribution is -2.43. The Morgan fingerprint density at radius 2 is 0.906 bits per heavy atom. The average molecular weight is 707 g/mol. The molecule has 2 aliphatic heterocycles. The van der Waals surface area contributed by atoms with Crippen LogP contribution in [0.1, 0.15) is 36.1 Å². The zero-order chi connectivity index (χ0) is 35.9. The third-order valence-electron chi connectivity index (χ3n) is 11.2. The van der Waals surface area contributed by atoms with E-state index in [0.29, 0.717) is 39.6 Å². The highest BCUT2D eigenvalue weighted by Crippen LogP contribution is 2.58. The van der Waals surface area contributed by atoms with Crippen molar-refractivity contribution in [2.24, 2.45) is 10.8 Å². The maximum atomic E-state index is 6.22. The second-order valence-corrected chi connectivity index (χ2v) is 15.6. The Kier molecular flexibility index (Phi) is 8.95. The Bertz CT molecular complexity index is 2110. The summed E-state index contributed by atoms with van der Waals surface area (Å²) in [7, 11) is 0. The quantitative estimate of drug-likeness (QED) is 0.105. The lowest BCUT2D eigenvalue weighted by Gasteiger charge is -2.37. The van der Waals surface area contributed by atoms with Crippen LogP contribution in [0.4, 0.5) is 0 Å². The first kappa shape index (κ1) is 34.1. The van der Waals surface area contributed by atoms with Crippen molar-refractivity contribution in [1.82, 2.24) is 0 Å². The molecule has 6 heteroatoms. The van der Waals surface area contributed by atoms with Gasteiger partial charge in [-0.1, -0.05) is 111 Å². The van der Waals surface area contributed by atoms with Crippen LogP contribution < -0.4 is 9.47 Å². The first-order valence-electron chi connectivity index (χ1n) is 18.8. The van der Waals surface area contributed by atoms with Crippen molar-refractivity contribution in [3.05, 3.63) is 144 Å². The van der Waals surface area contributed by atoms with Crippen LogP contribution in [-0.2, 0) is 24.4 Å². The van der Waals surface area contributed by atoms with Gasteiger partial charge in [0, 0.05) is 10.8 Å². The molecule has 2 saturated heterocycles. The molecule has 0 unspecified atom stereocenters. The van der Waals surface area contributed by atoms with Gasteiger partial charge in [0.05, 0.1) is 58.3 Å². The molecule has 0 spiro atoms. The van der Waals surface area contributed by atoms with Crippen LogP contribution in [0.5, 0.6) is 11.5 Å². The van der Waals surface area contributed by atoms with E-state index in [0.717, 1.165) is 48.7 Å². The van der Waals surface area contributed by atoms with Gasteiger partial charge in [0.25, 0.3) is 0 Å². The van der Waals surface area contributed by atoms with Gasteiger partial charge in [-0.15, -0.1) is 0 Å². The summed E-state index contributed by atoms with van der Waals surface area (Å²) in [6.07, 6.45) is 0. The summed E-state index contributed by atoms with van der Waals surface area (Å²) < 4.78 is 35.0. The van der Waals surface area contributed by atoms with E-state index in [1.165, 1.54) is 44.2 Å². The maximum Gasteiger partial charge on any atom is 0.120 e. The molecule has 1 aliphatic carbocycles. The molecule has 0 aromatic heterocycles. The summed E-state index contributed by atoms with van der Waals surface area (Å²) in [5.41, 5.74) is 7.28. The Hall–Kier alpha value is -4.72. The van der Waals surface area contributed by atoms with Crippen molar-refractivity contribution in [2.45, 2.75) is 19.3 Å². The fourth-order valence-electron chi connectivity index (χ4n) is 8.46. The molecule has 3 aliphatic rings. The van der Waals surface area contributed by atoms with Crippen LogP contribution in [0, 0.1) is 10.8 Å². The Balaban J connectivity index is 1.08. The maximum absolute atomic E-state index is 6.22. The van der Waals surface area contributed by atoms with Gasteiger partial charge in [-0.2, -0.15) is 0 Å². The summed E-state index contributed by atoms with van der Waals surface area (Å²) in [6.45, 7) is 10.9. The molecule has 6 aromatic rings. The fraction of sp³-hybridized carbons (Fsp3) is 0.319. The molecule has 0 bridgehead atoms. The molecule has 0 radical (unpaired) electrons. The third-order valence-corrected chi connectivity index (χ3v) is 11.2. The number of rotatable bonds is 14. The minimum atomic E-state index is -0.568. The predicted molar refractivity (Wildman–Crippen MR) is 209 cm³/mol. The molecule has 53 heavy (non-hydrogen) atoms. The lowest BCUT2D eigenvalue weighted by molar-refractivity contribution is -0.139. The minimum Gasteiger partial charge on any atom is -0.491 e. The van der Waals surface area contributed by atoms with Crippen molar-refractivity contribution in [3.8, 4) is 22.6 Å². The van der Waals surface area contributed by atoms with Crippen molar-refractivity contribution in [3.63, 3.8) is 0 Å². The Morgan fingerprint density at radius 3 is 1.34 bits per heavy atom. The summed E-state index contributed by atoms with van der Waals surface area (Å²) in [6, 6.07) is 44.2. The van der Waals surface area contributed by atoms with Crippen molar-refractivity contribution < 1.29 is 28.4 Å². The monoisotopic (exact) mass is 706 g/mol. The van der Waals surface area contributed by atoms with E-state index in [2.05, 4.69) is 135 Å². The van der Waals surface area contributed by atoms with Crippen molar-refractivity contribution in [1.29, 1.82) is 0 Å². The third kappa shape index (κ3) is 6.18. The van der Waals surface area contributed by atoms with Crippen LogP contribution in [0.15, 0.2) is 121 Å². The van der Waals surface area contributed by atoms with Crippen molar-refractivity contribution in [2.75, 3.05) is 66.1 Å². The van der Waals surface area contributed by atoms with Gasteiger partial charge in [0.2, 0.25) is 0 Å². The predicted octanol–water partition coefficient (Wildman–Crippen LogP) is 9.22. The fourth-order valence-corrected chi connectivity index (χ4v) is 8.46. The van der Waals surface area contributed by atoms with Crippen LogP contribution in [-0.4, -0.2) is 66.1 Å². The minimum absolute atomic E-state index is 0.131. The number of ether oxygens (including phenoxy) is 6. The molecule has 9 rings (SSSR count). The van der Waals surface area contributed by atoms with E-state index in [4.69, 9.17) is 28.4 Å². The highest BCUT2D eigenvalue weighted by Gasteiger charge is 2.47. The topological polar surface area (TPSA) is 55.4 Å². The standard InChI is InChI=1S/C47H46O6/c1-45(29-50-30-45)27-48-21-23-52-35-17-19-37-33(25-35)9-7-15-41(37)47(43-13-5-3-11-39(43)40-12-4-6-14-44(40)47)42-16-8-10-34-26-36(18-20-38(34)42)53-24-22-49-28-46(2)31-51-32-46/h3-20,25-26H,21-24,27-32H2,1-2H3.